The highest BCUT2D eigenvalue weighted by Gasteiger charge is 2.14. The lowest BCUT2D eigenvalue weighted by Gasteiger charge is -2.10. The van der Waals surface area contributed by atoms with E-state index in [0.717, 1.165) is 38.1 Å². The maximum absolute atomic E-state index is 11.7. The molecule has 0 saturated carbocycles. The third-order valence-corrected chi connectivity index (χ3v) is 3.33. The van der Waals surface area contributed by atoms with Gasteiger partial charge in [0.15, 0.2) is 0 Å². The Labute approximate surface area is 118 Å². The summed E-state index contributed by atoms with van der Waals surface area (Å²) < 4.78 is 5.51. The standard InChI is InChI=1S/C14H19ClN2O2/c15-11-3-5-12(6-4-11)17-14(18)10-16-8-7-13-2-1-9-19-13/h3-6,13,16H,1-2,7-10H2,(H,17,18). The molecule has 5 heteroatoms. The smallest absolute Gasteiger partial charge is 0.238 e. The van der Waals surface area contributed by atoms with Crippen LogP contribution in [-0.2, 0) is 9.53 Å². The number of nitrogens with one attached hydrogen (secondary N) is 2. The van der Waals surface area contributed by atoms with Crippen molar-refractivity contribution in [3.05, 3.63) is 29.3 Å². The zero-order valence-electron chi connectivity index (χ0n) is 10.8. The van der Waals surface area contributed by atoms with Crippen molar-refractivity contribution in [3.8, 4) is 0 Å². The van der Waals surface area contributed by atoms with Crippen molar-refractivity contribution in [1.82, 2.24) is 5.32 Å². The lowest BCUT2D eigenvalue weighted by Crippen LogP contribution is -2.30. The van der Waals surface area contributed by atoms with Gasteiger partial charge in [0.1, 0.15) is 0 Å². The molecule has 1 aliphatic rings. The molecule has 1 unspecified atom stereocenters. The first kappa shape index (κ1) is 14.3. The van der Waals surface area contributed by atoms with Crippen LogP contribution in [-0.4, -0.2) is 31.7 Å². The number of hydrogen-bond donors (Lipinski definition) is 2. The van der Waals surface area contributed by atoms with Gasteiger partial charge in [-0.1, -0.05) is 11.6 Å². The second-order valence-electron chi connectivity index (χ2n) is 4.66. The molecule has 0 spiro atoms. The number of carbonyl (C=O) groups excluding carboxylic acids is 1. The van der Waals surface area contributed by atoms with Crippen molar-refractivity contribution in [2.75, 3.05) is 25.0 Å². The van der Waals surface area contributed by atoms with Gasteiger partial charge in [0.2, 0.25) is 5.91 Å². The summed E-state index contributed by atoms with van der Waals surface area (Å²) in [6, 6.07) is 7.07. The van der Waals surface area contributed by atoms with E-state index >= 15 is 0 Å². The minimum absolute atomic E-state index is 0.0466. The molecule has 2 N–H and O–H groups in total. The van der Waals surface area contributed by atoms with Crippen molar-refractivity contribution in [1.29, 1.82) is 0 Å². The zero-order chi connectivity index (χ0) is 13.5. The molecular formula is C14H19ClN2O2. The predicted octanol–water partition coefficient (Wildman–Crippen LogP) is 2.44. The summed E-state index contributed by atoms with van der Waals surface area (Å²) in [4.78, 5) is 11.7. The molecule has 0 radical (unpaired) electrons. The molecule has 104 valence electrons. The van der Waals surface area contributed by atoms with Gasteiger partial charge in [-0.3, -0.25) is 4.79 Å². The monoisotopic (exact) mass is 282 g/mol. The van der Waals surface area contributed by atoms with E-state index in [9.17, 15) is 4.79 Å². The van der Waals surface area contributed by atoms with Crippen LogP contribution in [0.4, 0.5) is 5.69 Å². The summed E-state index contributed by atoms with van der Waals surface area (Å²) in [5.74, 6) is -0.0466. The number of carbonyl (C=O) groups is 1. The van der Waals surface area contributed by atoms with Crippen LogP contribution in [0.1, 0.15) is 19.3 Å². The predicted molar refractivity (Wildman–Crippen MR) is 76.5 cm³/mol. The summed E-state index contributed by atoms with van der Waals surface area (Å²) in [5.41, 5.74) is 0.760. The third kappa shape index (κ3) is 5.19. The normalized spacial score (nSPS) is 18.5. The van der Waals surface area contributed by atoms with Gasteiger partial charge in [0, 0.05) is 17.3 Å². The van der Waals surface area contributed by atoms with E-state index in [2.05, 4.69) is 10.6 Å². The Morgan fingerprint density at radius 3 is 2.84 bits per heavy atom. The molecule has 1 saturated heterocycles. The van der Waals surface area contributed by atoms with Crippen molar-refractivity contribution in [3.63, 3.8) is 0 Å². The van der Waals surface area contributed by atoms with Crippen LogP contribution in [0.5, 0.6) is 0 Å². The molecule has 0 aliphatic carbocycles. The second-order valence-corrected chi connectivity index (χ2v) is 5.09. The minimum atomic E-state index is -0.0466. The molecule has 1 fully saturated rings. The van der Waals surface area contributed by atoms with Crippen LogP contribution in [0.3, 0.4) is 0 Å². The van der Waals surface area contributed by atoms with Gasteiger partial charge >= 0.3 is 0 Å². The van der Waals surface area contributed by atoms with E-state index in [-0.39, 0.29) is 5.91 Å². The van der Waals surface area contributed by atoms with E-state index in [1.165, 1.54) is 0 Å². The second kappa shape index (κ2) is 7.48. The molecule has 0 aromatic heterocycles. The number of amides is 1. The van der Waals surface area contributed by atoms with Crippen LogP contribution in [0.25, 0.3) is 0 Å². The Hall–Kier alpha value is -1.10. The van der Waals surface area contributed by atoms with Gasteiger partial charge in [-0.25, -0.2) is 0 Å². The SMILES string of the molecule is O=C(CNCCC1CCCO1)Nc1ccc(Cl)cc1. The van der Waals surface area contributed by atoms with Gasteiger partial charge in [0.05, 0.1) is 12.6 Å². The summed E-state index contributed by atoms with van der Waals surface area (Å²) in [6.45, 7) is 2.00. The first-order valence-corrected chi connectivity index (χ1v) is 6.99. The van der Waals surface area contributed by atoms with E-state index in [4.69, 9.17) is 16.3 Å². The van der Waals surface area contributed by atoms with E-state index in [1.54, 1.807) is 24.3 Å². The summed E-state index contributed by atoms with van der Waals surface area (Å²) >= 11 is 5.78. The molecule has 1 aromatic carbocycles. The molecule has 1 amide bonds. The minimum Gasteiger partial charge on any atom is -0.378 e. The summed E-state index contributed by atoms with van der Waals surface area (Å²) in [7, 11) is 0. The molecule has 2 rings (SSSR count). The lowest BCUT2D eigenvalue weighted by atomic mass is 10.2. The van der Waals surface area contributed by atoms with Gasteiger partial charge in [-0.15, -0.1) is 0 Å². The first-order valence-electron chi connectivity index (χ1n) is 6.62. The lowest BCUT2D eigenvalue weighted by molar-refractivity contribution is -0.115. The third-order valence-electron chi connectivity index (χ3n) is 3.08. The van der Waals surface area contributed by atoms with Crippen LogP contribution < -0.4 is 10.6 Å². The number of benzene rings is 1. The Kier molecular flexibility index (Phi) is 5.63. The molecule has 1 atom stereocenters. The number of rotatable bonds is 6. The van der Waals surface area contributed by atoms with Gasteiger partial charge < -0.3 is 15.4 Å². The number of anilines is 1. The number of hydrogen-bond acceptors (Lipinski definition) is 3. The maximum Gasteiger partial charge on any atom is 0.238 e. The fourth-order valence-corrected chi connectivity index (χ4v) is 2.20. The molecule has 1 aliphatic heterocycles. The van der Waals surface area contributed by atoms with Gasteiger partial charge in [-0.05, 0) is 50.1 Å². The number of ether oxygens (including phenoxy) is 1. The molecule has 4 nitrogen and oxygen atoms in total. The van der Waals surface area contributed by atoms with Crippen molar-refractivity contribution in [2.24, 2.45) is 0 Å². The first-order chi connectivity index (χ1) is 9.24. The molecule has 1 heterocycles. The zero-order valence-corrected chi connectivity index (χ0v) is 11.6. The van der Waals surface area contributed by atoms with Crippen molar-refractivity contribution >= 4 is 23.2 Å². The average Bonchev–Trinajstić information content (AvgIpc) is 2.91. The van der Waals surface area contributed by atoms with Crippen LogP contribution in [0, 0.1) is 0 Å². The fraction of sp³-hybridized carbons (Fsp3) is 0.500. The molecule has 0 bridgehead atoms. The number of halogens is 1. The summed E-state index contributed by atoms with van der Waals surface area (Å²) in [5, 5.41) is 6.59. The van der Waals surface area contributed by atoms with Crippen LogP contribution >= 0.6 is 11.6 Å². The van der Waals surface area contributed by atoms with Crippen LogP contribution in [0.2, 0.25) is 5.02 Å². The molecule has 1 aromatic rings. The van der Waals surface area contributed by atoms with Crippen LogP contribution in [0.15, 0.2) is 24.3 Å². The average molecular weight is 283 g/mol. The summed E-state index contributed by atoms with van der Waals surface area (Å²) in [6.07, 6.45) is 3.63. The Morgan fingerprint density at radius 1 is 1.37 bits per heavy atom. The molecule has 19 heavy (non-hydrogen) atoms. The van der Waals surface area contributed by atoms with Crippen molar-refractivity contribution in [2.45, 2.75) is 25.4 Å². The highest BCUT2D eigenvalue weighted by molar-refractivity contribution is 6.30. The van der Waals surface area contributed by atoms with Crippen molar-refractivity contribution < 1.29 is 9.53 Å². The van der Waals surface area contributed by atoms with E-state index < -0.39 is 0 Å². The fourth-order valence-electron chi connectivity index (χ4n) is 2.08. The van der Waals surface area contributed by atoms with Gasteiger partial charge in [-0.2, -0.15) is 0 Å². The maximum atomic E-state index is 11.7. The highest BCUT2D eigenvalue weighted by atomic mass is 35.5. The Morgan fingerprint density at radius 2 is 2.16 bits per heavy atom. The van der Waals surface area contributed by atoms with E-state index in [0.29, 0.717) is 17.7 Å². The largest absolute Gasteiger partial charge is 0.378 e. The van der Waals surface area contributed by atoms with Gasteiger partial charge in [0.25, 0.3) is 0 Å². The van der Waals surface area contributed by atoms with E-state index in [1.807, 2.05) is 0 Å². The topological polar surface area (TPSA) is 50.4 Å². The Bertz CT molecular complexity index is 402. The Balaban J connectivity index is 1.60. The quantitative estimate of drug-likeness (QED) is 0.788. The highest BCUT2D eigenvalue weighted by Crippen LogP contribution is 2.14. The molecular weight excluding hydrogens is 264 g/mol.